The third-order valence-electron chi connectivity index (χ3n) is 4.29. The van der Waals surface area contributed by atoms with Gasteiger partial charge in [-0.1, -0.05) is 38.7 Å². The fourth-order valence-electron chi connectivity index (χ4n) is 2.85. The number of nitrogens with one attached hydrogen (secondary N) is 1. The van der Waals surface area contributed by atoms with Gasteiger partial charge in [0.25, 0.3) is 5.91 Å². The van der Waals surface area contributed by atoms with E-state index in [1.807, 2.05) is 0 Å². The monoisotopic (exact) mass is 391 g/mol. The van der Waals surface area contributed by atoms with Crippen LogP contribution in [0.4, 0.5) is 10.2 Å². The van der Waals surface area contributed by atoms with Crippen LogP contribution in [-0.4, -0.2) is 37.6 Å². The highest BCUT2D eigenvalue weighted by atomic mass is 19.1. The average Bonchev–Trinajstić information content (AvgIpc) is 3.08. The van der Waals surface area contributed by atoms with Crippen LogP contribution in [0.2, 0.25) is 0 Å². The van der Waals surface area contributed by atoms with Gasteiger partial charge in [0.1, 0.15) is 11.9 Å². The van der Waals surface area contributed by atoms with Crippen molar-refractivity contribution in [2.45, 2.75) is 45.1 Å². The number of unbranched alkanes of at least 4 members (excludes halogenated alkanes) is 3. The molecule has 0 fully saturated rings. The number of anilines is 1. The molecule has 1 aromatic carbocycles. The number of aromatic nitrogens is 2. The number of amides is 1. The molecule has 1 unspecified atom stereocenters. The molecular formula is C19H22FN3O5. The fourth-order valence-corrected chi connectivity index (χ4v) is 2.85. The molecule has 8 nitrogen and oxygen atoms in total. The predicted molar refractivity (Wildman–Crippen MR) is 99.0 cm³/mol. The zero-order valence-corrected chi connectivity index (χ0v) is 15.4. The van der Waals surface area contributed by atoms with Crippen LogP contribution in [0.25, 0.3) is 0 Å². The summed E-state index contributed by atoms with van der Waals surface area (Å²) >= 11 is 0. The summed E-state index contributed by atoms with van der Waals surface area (Å²) in [6.45, 7) is 2.06. The van der Waals surface area contributed by atoms with Gasteiger partial charge in [-0.25, -0.2) is 19.0 Å². The summed E-state index contributed by atoms with van der Waals surface area (Å²) in [5, 5.41) is 20.9. The number of hydrogen-bond donors (Lipinski definition) is 3. The molecule has 0 radical (unpaired) electrons. The van der Waals surface area contributed by atoms with Gasteiger partial charge in [-0.2, -0.15) is 0 Å². The first-order valence-electron chi connectivity index (χ1n) is 8.94. The van der Waals surface area contributed by atoms with E-state index >= 15 is 0 Å². The van der Waals surface area contributed by atoms with Crippen molar-refractivity contribution in [2.24, 2.45) is 0 Å². The van der Waals surface area contributed by atoms with E-state index in [0.717, 1.165) is 37.8 Å². The van der Waals surface area contributed by atoms with Crippen LogP contribution in [0, 0.1) is 5.82 Å². The Balaban J connectivity index is 2.15. The van der Waals surface area contributed by atoms with Crippen molar-refractivity contribution in [3.05, 3.63) is 47.7 Å². The van der Waals surface area contributed by atoms with Crippen molar-refractivity contribution in [3.63, 3.8) is 0 Å². The van der Waals surface area contributed by atoms with Crippen molar-refractivity contribution < 1.29 is 29.0 Å². The first-order valence-corrected chi connectivity index (χ1v) is 8.94. The van der Waals surface area contributed by atoms with Crippen molar-refractivity contribution in [1.29, 1.82) is 0 Å². The molecule has 0 bridgehead atoms. The van der Waals surface area contributed by atoms with Crippen molar-refractivity contribution in [3.8, 4) is 0 Å². The van der Waals surface area contributed by atoms with Crippen LogP contribution < -0.4 is 5.32 Å². The topological polar surface area (TPSA) is 122 Å². The largest absolute Gasteiger partial charge is 0.480 e. The summed E-state index contributed by atoms with van der Waals surface area (Å²) in [7, 11) is 0. The lowest BCUT2D eigenvalue weighted by Gasteiger charge is -2.13. The molecule has 1 aromatic heterocycles. The molecule has 2 aromatic rings. The maximum atomic E-state index is 14.0. The van der Waals surface area contributed by atoms with Crippen LogP contribution >= 0.6 is 0 Å². The highest BCUT2D eigenvalue weighted by molar-refractivity contribution is 6.10. The second kappa shape index (κ2) is 9.63. The fraction of sp³-hybridized carbons (Fsp3) is 0.368. The van der Waals surface area contributed by atoms with E-state index in [-0.39, 0.29) is 5.82 Å². The Morgan fingerprint density at radius 1 is 1.21 bits per heavy atom. The second-order valence-electron chi connectivity index (χ2n) is 6.33. The van der Waals surface area contributed by atoms with Gasteiger partial charge in [-0.3, -0.25) is 4.79 Å². The Kier molecular flexibility index (Phi) is 7.25. The lowest BCUT2D eigenvalue weighted by molar-refractivity contribution is -0.141. The van der Waals surface area contributed by atoms with Gasteiger partial charge >= 0.3 is 11.9 Å². The Morgan fingerprint density at radius 3 is 2.61 bits per heavy atom. The van der Waals surface area contributed by atoms with Crippen molar-refractivity contribution in [2.75, 3.05) is 5.32 Å². The minimum absolute atomic E-state index is 0.00407. The number of aliphatic carboxylic acids is 1. The summed E-state index contributed by atoms with van der Waals surface area (Å²) in [5.41, 5.74) is -1.09. The number of benzene rings is 1. The number of aromatic carboxylic acids is 1. The summed E-state index contributed by atoms with van der Waals surface area (Å²) in [4.78, 5) is 39.0. The number of hydrogen-bond acceptors (Lipinski definition) is 4. The molecule has 0 aliphatic rings. The number of rotatable bonds is 10. The number of carbonyl (C=O) groups excluding carboxylic acids is 1. The average molecular weight is 391 g/mol. The Hall–Kier alpha value is -3.23. The highest BCUT2D eigenvalue weighted by Crippen LogP contribution is 2.20. The number of nitrogens with zero attached hydrogens (tertiary/aromatic N) is 2. The number of carboxylic acid groups (broad SMARTS) is 2. The highest BCUT2D eigenvalue weighted by Gasteiger charge is 2.23. The number of halogens is 1. The molecule has 0 saturated carbocycles. The van der Waals surface area contributed by atoms with Gasteiger partial charge in [-0.15, -0.1) is 0 Å². The lowest BCUT2D eigenvalue weighted by atomic mass is 10.1. The molecule has 28 heavy (non-hydrogen) atoms. The van der Waals surface area contributed by atoms with Crippen molar-refractivity contribution >= 4 is 23.7 Å². The number of carboxylic acids is 2. The minimum Gasteiger partial charge on any atom is -0.480 e. The van der Waals surface area contributed by atoms with E-state index in [9.17, 15) is 23.9 Å². The second-order valence-corrected chi connectivity index (χ2v) is 6.33. The molecule has 1 amide bonds. The maximum Gasteiger partial charge on any atom is 0.336 e. The molecule has 1 atom stereocenters. The van der Waals surface area contributed by atoms with Crippen LogP contribution in [0.15, 0.2) is 30.7 Å². The molecule has 0 aliphatic heterocycles. The molecule has 150 valence electrons. The number of carbonyl (C=O) groups is 3. The Morgan fingerprint density at radius 2 is 1.96 bits per heavy atom. The lowest BCUT2D eigenvalue weighted by Crippen LogP contribution is -2.19. The normalized spacial score (nSPS) is 11.8. The Bertz CT molecular complexity index is 865. The molecule has 0 spiro atoms. The quantitative estimate of drug-likeness (QED) is 0.532. The van der Waals surface area contributed by atoms with Gasteiger partial charge in [0.2, 0.25) is 0 Å². The molecule has 0 aliphatic carbocycles. The smallest absolute Gasteiger partial charge is 0.336 e. The zero-order valence-electron chi connectivity index (χ0n) is 15.4. The van der Waals surface area contributed by atoms with E-state index < -0.39 is 40.8 Å². The van der Waals surface area contributed by atoms with Crippen LogP contribution in [-0.2, 0) is 4.79 Å². The van der Waals surface area contributed by atoms with Gasteiger partial charge in [-0.05, 0) is 18.6 Å². The van der Waals surface area contributed by atoms with E-state index in [0.29, 0.717) is 6.42 Å². The molecular weight excluding hydrogens is 369 g/mol. The van der Waals surface area contributed by atoms with E-state index in [1.165, 1.54) is 23.2 Å². The van der Waals surface area contributed by atoms with Gasteiger partial charge in [0.15, 0.2) is 5.82 Å². The summed E-state index contributed by atoms with van der Waals surface area (Å²) < 4.78 is 15.3. The first kappa shape index (κ1) is 21.1. The van der Waals surface area contributed by atoms with E-state index in [4.69, 9.17) is 5.11 Å². The summed E-state index contributed by atoms with van der Waals surface area (Å²) in [6, 6.07) is 2.46. The van der Waals surface area contributed by atoms with E-state index in [2.05, 4.69) is 17.2 Å². The minimum atomic E-state index is -1.44. The Labute approximate surface area is 161 Å². The molecule has 1 heterocycles. The third kappa shape index (κ3) is 5.15. The van der Waals surface area contributed by atoms with Gasteiger partial charge in [0.05, 0.1) is 17.5 Å². The SMILES string of the molecule is CCCCCCC(C(=O)O)n1cnc(NC(=O)c2c(F)cccc2C(=O)O)c1. The van der Waals surface area contributed by atoms with Crippen LogP contribution in [0.5, 0.6) is 0 Å². The molecule has 2 rings (SSSR count). The number of imidazole rings is 1. The van der Waals surface area contributed by atoms with Gasteiger partial charge < -0.3 is 20.1 Å². The standard InChI is InChI=1S/C19H22FN3O5/c1-2-3-4-5-9-14(19(27)28)23-10-15(21-11-23)22-17(24)16-12(18(25)26)7-6-8-13(16)20/h6-8,10-11,14H,2-5,9H2,1H3,(H,22,24)(H,25,26)(H,27,28). The molecule has 0 saturated heterocycles. The predicted octanol–water partition coefficient (Wildman–Crippen LogP) is 3.57. The molecule has 3 N–H and O–H groups in total. The van der Waals surface area contributed by atoms with Crippen LogP contribution in [0.1, 0.15) is 65.8 Å². The van der Waals surface area contributed by atoms with E-state index in [1.54, 1.807) is 0 Å². The zero-order chi connectivity index (χ0) is 20.7. The summed E-state index contributed by atoms with van der Waals surface area (Å²) in [6.07, 6.45) is 6.73. The van der Waals surface area contributed by atoms with Crippen LogP contribution in [0.3, 0.4) is 0 Å². The van der Waals surface area contributed by atoms with Crippen molar-refractivity contribution in [1.82, 2.24) is 9.55 Å². The summed E-state index contributed by atoms with van der Waals surface area (Å²) in [5.74, 6) is -4.40. The molecule has 9 heteroatoms. The van der Waals surface area contributed by atoms with Gasteiger partial charge in [0, 0.05) is 6.20 Å². The third-order valence-corrected chi connectivity index (χ3v) is 4.29. The first-order chi connectivity index (χ1) is 13.3. The maximum absolute atomic E-state index is 14.0.